The van der Waals surface area contributed by atoms with Crippen molar-refractivity contribution in [2.75, 3.05) is 29.9 Å². The molecule has 1 spiro atoms. The van der Waals surface area contributed by atoms with E-state index >= 15 is 0 Å². The molecule has 1 amide bonds. The van der Waals surface area contributed by atoms with Gasteiger partial charge in [-0.05, 0) is 31.9 Å². The van der Waals surface area contributed by atoms with Gasteiger partial charge in [0.15, 0.2) is 11.2 Å². The number of H-pyrrole nitrogens is 1. The van der Waals surface area contributed by atoms with E-state index in [1.54, 1.807) is 25.4 Å². The molecule has 0 saturated carbocycles. The van der Waals surface area contributed by atoms with Crippen LogP contribution in [0, 0.1) is 5.41 Å². The monoisotopic (exact) mass is 565 g/mol. The molecule has 13 nitrogen and oxygen atoms in total. The zero-order valence-electron chi connectivity index (χ0n) is 21.9. The Labute approximate surface area is 232 Å². The van der Waals surface area contributed by atoms with Crippen LogP contribution in [-0.2, 0) is 11.8 Å². The molecule has 2 fully saturated rings. The molecule has 2 aliphatic rings. The average molecular weight is 566 g/mol. The fourth-order valence-corrected chi connectivity index (χ4v) is 5.78. The summed E-state index contributed by atoms with van der Waals surface area (Å²) in [6, 6.07) is 4.64. The molecular formula is C26H28ClN9O4. The maximum atomic E-state index is 13.4. The molecule has 0 aliphatic carbocycles. The van der Waals surface area contributed by atoms with E-state index in [0.717, 1.165) is 17.4 Å². The van der Waals surface area contributed by atoms with Gasteiger partial charge < -0.3 is 20.7 Å². The Kier molecular flexibility index (Phi) is 6.44. The second-order valence-electron chi connectivity index (χ2n) is 10.4. The van der Waals surface area contributed by atoms with Gasteiger partial charge in [-0.1, -0.05) is 17.7 Å². The van der Waals surface area contributed by atoms with Crippen LogP contribution < -0.4 is 27.2 Å². The summed E-state index contributed by atoms with van der Waals surface area (Å²) in [5.41, 5.74) is 5.68. The first kappa shape index (κ1) is 26.2. The van der Waals surface area contributed by atoms with Gasteiger partial charge in [-0.3, -0.25) is 19.3 Å². The summed E-state index contributed by atoms with van der Waals surface area (Å²) in [5, 5.41) is 6.69. The molecule has 0 unspecified atom stereocenters. The predicted molar refractivity (Wildman–Crippen MR) is 149 cm³/mol. The van der Waals surface area contributed by atoms with Gasteiger partial charge in [-0.15, -0.1) is 0 Å². The molecule has 5 heterocycles. The highest BCUT2D eigenvalue weighted by Gasteiger charge is 2.47. The summed E-state index contributed by atoms with van der Waals surface area (Å²) in [6.45, 7) is 4.07. The number of nitrogens with two attached hydrogens (primary N) is 1. The van der Waals surface area contributed by atoms with Crippen LogP contribution in [0.5, 0.6) is 0 Å². The van der Waals surface area contributed by atoms with Crippen molar-refractivity contribution in [3.05, 3.63) is 68.2 Å². The van der Waals surface area contributed by atoms with Crippen molar-refractivity contribution in [1.82, 2.24) is 29.3 Å². The first-order chi connectivity index (χ1) is 19.2. The van der Waals surface area contributed by atoms with Crippen molar-refractivity contribution in [1.29, 1.82) is 0 Å². The van der Waals surface area contributed by atoms with Gasteiger partial charge in [-0.2, -0.15) is 5.10 Å². The predicted octanol–water partition coefficient (Wildman–Crippen LogP) is 1.44. The Morgan fingerprint density at radius 1 is 1.25 bits per heavy atom. The Morgan fingerprint density at radius 2 is 2.02 bits per heavy atom. The Morgan fingerprint density at radius 3 is 2.70 bits per heavy atom. The number of nitrogens with one attached hydrogen (secondary N) is 2. The van der Waals surface area contributed by atoms with Crippen LogP contribution in [0.1, 0.15) is 30.1 Å². The number of anilines is 2. The molecule has 6 rings (SSSR count). The summed E-state index contributed by atoms with van der Waals surface area (Å²) >= 11 is 6.56. The highest BCUT2D eigenvalue weighted by molar-refractivity contribution is 6.35. The van der Waals surface area contributed by atoms with E-state index < -0.39 is 17.2 Å². The normalized spacial score (nSPS) is 20.4. The maximum Gasteiger partial charge on any atom is 0.334 e. The number of piperidine rings is 1. The molecule has 2 atom stereocenters. The van der Waals surface area contributed by atoms with E-state index in [9.17, 15) is 14.4 Å². The number of fused-ring (bicyclic) bond motifs is 1. The van der Waals surface area contributed by atoms with Crippen LogP contribution in [0.15, 0.2) is 46.4 Å². The summed E-state index contributed by atoms with van der Waals surface area (Å²) in [7, 11) is 1.69. The SMILES string of the molecule is C[C@@H]1OCC2(CCN(c3cnc4c(=O)n(-c5cccc(NC(=O)c6cnn(C)c6)c5Cl)c(=O)[nH]c4n3)CC2)[C@@H]1N. The van der Waals surface area contributed by atoms with Crippen LogP contribution >= 0.6 is 11.6 Å². The van der Waals surface area contributed by atoms with Crippen molar-refractivity contribution >= 4 is 40.2 Å². The minimum absolute atomic E-state index is 0.0128. The number of aromatic amines is 1. The zero-order chi connectivity index (χ0) is 28.2. The van der Waals surface area contributed by atoms with Crippen LogP contribution in [0.2, 0.25) is 5.02 Å². The molecule has 4 N–H and O–H groups in total. The van der Waals surface area contributed by atoms with Crippen LogP contribution in [0.4, 0.5) is 11.5 Å². The summed E-state index contributed by atoms with van der Waals surface area (Å²) in [6.07, 6.45) is 6.23. The van der Waals surface area contributed by atoms with Crippen molar-refractivity contribution in [2.45, 2.75) is 31.9 Å². The number of rotatable bonds is 4. The second-order valence-corrected chi connectivity index (χ2v) is 10.8. The molecule has 0 radical (unpaired) electrons. The molecule has 208 valence electrons. The lowest BCUT2D eigenvalue weighted by atomic mass is 9.73. The first-order valence-electron chi connectivity index (χ1n) is 12.9. The quantitative estimate of drug-likeness (QED) is 0.332. The van der Waals surface area contributed by atoms with Crippen molar-refractivity contribution in [3.8, 4) is 5.69 Å². The lowest BCUT2D eigenvalue weighted by Gasteiger charge is -2.41. The fourth-order valence-electron chi connectivity index (χ4n) is 5.53. The molecule has 2 aliphatic heterocycles. The van der Waals surface area contributed by atoms with Crippen LogP contribution in [0.25, 0.3) is 16.9 Å². The van der Waals surface area contributed by atoms with Gasteiger partial charge in [0.05, 0.1) is 47.1 Å². The summed E-state index contributed by atoms with van der Waals surface area (Å²) in [5.74, 6) is 0.125. The number of aromatic nitrogens is 6. The number of carbonyl (C=O) groups is 1. The topological polar surface area (TPSA) is 166 Å². The van der Waals surface area contributed by atoms with Crippen molar-refractivity contribution in [3.63, 3.8) is 0 Å². The van der Waals surface area contributed by atoms with Crippen molar-refractivity contribution in [2.24, 2.45) is 18.2 Å². The number of halogens is 1. The van der Waals surface area contributed by atoms with E-state index in [2.05, 4.69) is 30.3 Å². The van der Waals surface area contributed by atoms with Gasteiger partial charge in [-0.25, -0.2) is 19.3 Å². The van der Waals surface area contributed by atoms with Gasteiger partial charge in [0, 0.05) is 37.8 Å². The molecular weight excluding hydrogens is 538 g/mol. The van der Waals surface area contributed by atoms with Gasteiger partial charge in [0.1, 0.15) is 5.82 Å². The fraction of sp³-hybridized carbons (Fsp3) is 0.385. The Bertz CT molecular complexity index is 1740. The second kappa shape index (κ2) is 9.84. The van der Waals surface area contributed by atoms with Crippen molar-refractivity contribution < 1.29 is 9.53 Å². The van der Waals surface area contributed by atoms with E-state index in [1.807, 2.05) is 6.92 Å². The number of carbonyl (C=O) groups excluding carboxylic acids is 1. The highest BCUT2D eigenvalue weighted by Crippen LogP contribution is 2.41. The minimum atomic E-state index is -0.734. The summed E-state index contributed by atoms with van der Waals surface area (Å²) in [4.78, 5) is 52.8. The molecule has 4 aromatic rings. The number of hydrogen-bond acceptors (Lipinski definition) is 9. The van der Waals surface area contributed by atoms with Crippen LogP contribution in [-0.4, -0.2) is 67.0 Å². The number of amides is 1. The lowest BCUT2D eigenvalue weighted by molar-refractivity contribution is 0.0974. The number of nitrogens with zero attached hydrogens (tertiary/aromatic N) is 6. The smallest absolute Gasteiger partial charge is 0.334 e. The third kappa shape index (κ3) is 4.35. The number of hydrogen-bond donors (Lipinski definition) is 3. The van der Waals surface area contributed by atoms with E-state index in [0.29, 0.717) is 31.1 Å². The lowest BCUT2D eigenvalue weighted by Crippen LogP contribution is -2.50. The van der Waals surface area contributed by atoms with E-state index in [-0.39, 0.29) is 45.1 Å². The maximum absolute atomic E-state index is 13.4. The van der Waals surface area contributed by atoms with Gasteiger partial charge >= 0.3 is 5.69 Å². The Balaban J connectivity index is 1.29. The van der Waals surface area contributed by atoms with E-state index in [4.69, 9.17) is 22.1 Å². The van der Waals surface area contributed by atoms with E-state index in [1.165, 1.54) is 23.1 Å². The minimum Gasteiger partial charge on any atom is -0.376 e. The standard InChI is InChI=1S/C26H28ClN9O4/c1-14-21(28)26(13-40-14)6-8-35(9-7-26)18-11-29-20-22(32-18)33-25(39)36(24(20)38)17-5-3-4-16(19(17)27)31-23(37)15-10-30-34(2)12-15/h3-5,10-12,14,21H,6-9,13,28H2,1-2H3,(H,31,37)(H,32,33,39)/t14-,21+/m0/s1. The molecule has 0 bridgehead atoms. The van der Waals surface area contributed by atoms with Gasteiger partial charge in [0.2, 0.25) is 0 Å². The third-order valence-corrected chi connectivity index (χ3v) is 8.36. The molecule has 2 saturated heterocycles. The number of aryl methyl sites for hydroxylation is 1. The average Bonchev–Trinajstić information content (AvgIpc) is 3.50. The van der Waals surface area contributed by atoms with Gasteiger partial charge in [0.25, 0.3) is 11.5 Å². The molecule has 14 heteroatoms. The summed E-state index contributed by atoms with van der Waals surface area (Å²) < 4.78 is 8.18. The molecule has 40 heavy (non-hydrogen) atoms. The molecule has 1 aromatic carbocycles. The number of benzene rings is 1. The largest absolute Gasteiger partial charge is 0.376 e. The highest BCUT2D eigenvalue weighted by atomic mass is 35.5. The number of ether oxygens (including phenoxy) is 1. The zero-order valence-corrected chi connectivity index (χ0v) is 22.7. The third-order valence-electron chi connectivity index (χ3n) is 7.96. The first-order valence-corrected chi connectivity index (χ1v) is 13.3. The Hall–Kier alpha value is -4.07. The van der Waals surface area contributed by atoms with Crippen LogP contribution in [0.3, 0.4) is 0 Å². The molecule has 3 aromatic heterocycles.